The molecule has 3 rings (SSSR count). The van der Waals surface area contributed by atoms with Gasteiger partial charge in [-0.25, -0.2) is 4.79 Å². The number of hydrogen-bond donors (Lipinski definition) is 3. The molecule has 1 fully saturated rings. The summed E-state index contributed by atoms with van der Waals surface area (Å²) in [5, 5.41) is 29.5. The van der Waals surface area contributed by atoms with Gasteiger partial charge in [0, 0.05) is 6.08 Å². The third-order valence-corrected chi connectivity index (χ3v) is 8.41. The Labute approximate surface area is 204 Å². The van der Waals surface area contributed by atoms with Gasteiger partial charge in [0.15, 0.2) is 11.5 Å². The fourth-order valence-electron chi connectivity index (χ4n) is 6.67. The largest absolute Gasteiger partial charge is 0.504 e. The number of benzene rings is 1. The summed E-state index contributed by atoms with van der Waals surface area (Å²) in [6.45, 7) is 11.9. The molecule has 0 saturated heterocycles. The molecule has 0 aromatic heterocycles. The van der Waals surface area contributed by atoms with Crippen LogP contribution in [0.2, 0.25) is 0 Å². The number of allylic oxidation sites excluding steroid dienone is 2. The first-order valence-corrected chi connectivity index (χ1v) is 12.6. The molecule has 0 aliphatic heterocycles. The number of hydrogen-bond acceptors (Lipinski definition) is 5. The zero-order valence-corrected chi connectivity index (χ0v) is 21.4. The van der Waals surface area contributed by atoms with Gasteiger partial charge < -0.3 is 20.1 Å². The molecule has 0 unspecified atom stereocenters. The highest BCUT2D eigenvalue weighted by molar-refractivity contribution is 5.87. The van der Waals surface area contributed by atoms with Crippen molar-refractivity contribution in [2.45, 2.75) is 79.2 Å². The van der Waals surface area contributed by atoms with Gasteiger partial charge in [-0.1, -0.05) is 45.4 Å². The average molecular weight is 471 g/mol. The lowest BCUT2D eigenvalue weighted by Crippen LogP contribution is -2.52. The Kier molecular flexibility index (Phi) is 8.18. The number of ether oxygens (including phenoxy) is 1. The molecule has 1 saturated carbocycles. The summed E-state index contributed by atoms with van der Waals surface area (Å²) in [6.07, 6.45) is 11.0. The molecule has 2 aliphatic rings. The van der Waals surface area contributed by atoms with Crippen LogP contribution in [0.25, 0.3) is 6.08 Å². The monoisotopic (exact) mass is 470 g/mol. The third kappa shape index (κ3) is 6.04. The molecule has 0 heterocycles. The van der Waals surface area contributed by atoms with Crippen molar-refractivity contribution in [2.75, 3.05) is 6.61 Å². The van der Waals surface area contributed by atoms with Gasteiger partial charge in [0.05, 0.1) is 12.7 Å². The van der Waals surface area contributed by atoms with E-state index in [2.05, 4.69) is 40.7 Å². The van der Waals surface area contributed by atoms with Crippen molar-refractivity contribution in [2.24, 2.45) is 28.6 Å². The van der Waals surface area contributed by atoms with E-state index in [9.17, 15) is 20.1 Å². The molecule has 188 valence electrons. The number of fused-ring (bicyclic) bond motifs is 1. The first kappa shape index (κ1) is 26.3. The summed E-state index contributed by atoms with van der Waals surface area (Å²) in [5.74, 6) is 0.675. The van der Waals surface area contributed by atoms with Gasteiger partial charge >= 0.3 is 5.97 Å². The van der Waals surface area contributed by atoms with Crippen molar-refractivity contribution in [3.8, 4) is 11.5 Å². The summed E-state index contributed by atoms with van der Waals surface area (Å²) in [4.78, 5) is 12.0. The Hall–Kier alpha value is -2.27. The molecule has 1 aromatic rings. The van der Waals surface area contributed by atoms with E-state index in [1.54, 1.807) is 12.1 Å². The second-order valence-corrected chi connectivity index (χ2v) is 11.6. The maximum Gasteiger partial charge on any atom is 0.330 e. The number of aliphatic hydroxyl groups excluding tert-OH is 1. The molecule has 1 aromatic carbocycles. The number of phenolic OH excluding ortho intramolecular Hbond substituents is 2. The van der Waals surface area contributed by atoms with Crippen LogP contribution in [0.15, 0.2) is 35.9 Å². The number of aromatic hydroxyl groups is 2. The third-order valence-electron chi connectivity index (χ3n) is 8.41. The molecule has 0 radical (unpaired) electrons. The van der Waals surface area contributed by atoms with E-state index in [1.165, 1.54) is 23.8 Å². The van der Waals surface area contributed by atoms with E-state index < -0.39 is 5.97 Å². The molecule has 2 aliphatic carbocycles. The van der Waals surface area contributed by atoms with Crippen molar-refractivity contribution >= 4 is 12.0 Å². The average Bonchev–Trinajstić information content (AvgIpc) is 2.72. The molecule has 3 N–H and O–H groups in total. The quantitative estimate of drug-likeness (QED) is 0.181. The van der Waals surface area contributed by atoms with Crippen LogP contribution in [0.4, 0.5) is 0 Å². The number of carbonyl (C=O) groups is 1. The number of carbonyl (C=O) groups excluding carboxylic acids is 1. The Morgan fingerprint density at radius 3 is 2.62 bits per heavy atom. The van der Waals surface area contributed by atoms with Gasteiger partial charge in [0.25, 0.3) is 0 Å². The Morgan fingerprint density at radius 1 is 1.18 bits per heavy atom. The highest BCUT2D eigenvalue weighted by atomic mass is 16.5. The molecule has 5 heteroatoms. The molecular weight excluding hydrogens is 428 g/mol. The van der Waals surface area contributed by atoms with Crippen LogP contribution in [0.5, 0.6) is 11.5 Å². The summed E-state index contributed by atoms with van der Waals surface area (Å²) in [5.41, 5.74) is 2.35. The van der Waals surface area contributed by atoms with Gasteiger partial charge in [0.2, 0.25) is 0 Å². The van der Waals surface area contributed by atoms with Crippen LogP contribution >= 0.6 is 0 Å². The molecule has 0 amide bonds. The van der Waals surface area contributed by atoms with E-state index >= 15 is 0 Å². The first-order chi connectivity index (χ1) is 15.9. The zero-order chi connectivity index (χ0) is 25.1. The van der Waals surface area contributed by atoms with E-state index in [1.807, 2.05) is 0 Å². The van der Waals surface area contributed by atoms with Crippen LogP contribution in [-0.2, 0) is 9.53 Å². The predicted octanol–water partition coefficient (Wildman–Crippen LogP) is 6.23. The van der Waals surface area contributed by atoms with E-state index in [0.29, 0.717) is 29.9 Å². The number of esters is 1. The predicted molar refractivity (Wildman–Crippen MR) is 135 cm³/mol. The van der Waals surface area contributed by atoms with Crippen molar-refractivity contribution in [3.63, 3.8) is 0 Å². The minimum atomic E-state index is -0.417. The number of phenols is 2. The maximum absolute atomic E-state index is 12.0. The van der Waals surface area contributed by atoms with Crippen molar-refractivity contribution in [1.82, 2.24) is 0 Å². The molecule has 34 heavy (non-hydrogen) atoms. The van der Waals surface area contributed by atoms with E-state index in [0.717, 1.165) is 38.5 Å². The lowest BCUT2D eigenvalue weighted by molar-refractivity contribution is -0.138. The van der Waals surface area contributed by atoms with Crippen molar-refractivity contribution in [3.05, 3.63) is 41.5 Å². The molecule has 0 bridgehead atoms. The molecular formula is C29H42O5. The topological polar surface area (TPSA) is 87.0 Å². The van der Waals surface area contributed by atoms with Crippen molar-refractivity contribution in [1.29, 1.82) is 0 Å². The van der Waals surface area contributed by atoms with E-state index in [4.69, 9.17) is 4.74 Å². The lowest BCUT2D eigenvalue weighted by atomic mass is 9.47. The Balaban J connectivity index is 1.48. The molecule has 5 atom stereocenters. The minimum Gasteiger partial charge on any atom is -0.504 e. The first-order valence-electron chi connectivity index (χ1n) is 12.6. The smallest absolute Gasteiger partial charge is 0.330 e. The van der Waals surface area contributed by atoms with Gasteiger partial charge in [-0.2, -0.15) is 0 Å². The van der Waals surface area contributed by atoms with Gasteiger partial charge in [0.1, 0.15) is 0 Å². The number of aliphatic hydroxyl groups is 1. The Morgan fingerprint density at radius 2 is 1.91 bits per heavy atom. The summed E-state index contributed by atoms with van der Waals surface area (Å²) in [7, 11) is 0. The normalized spacial score (nSPS) is 29.4. The zero-order valence-electron chi connectivity index (χ0n) is 21.4. The molecule has 5 nitrogen and oxygen atoms in total. The van der Waals surface area contributed by atoms with Crippen LogP contribution in [0.1, 0.15) is 78.7 Å². The fraction of sp³-hybridized carbons (Fsp3) is 0.621. The maximum atomic E-state index is 12.0. The SMILES string of the molecule is CC1=CC[C@H]2C(C)(C)C[C@H](O)C[C@]2(C)[C@H]1CC[C@H](C)CCOC(=O)C=Cc1ccc(O)c(O)c1. The standard InChI is InChI=1S/C29H42O5/c1-19(14-15-34-27(33)13-9-21-8-11-24(31)25(32)16-21)6-10-23-20(2)7-12-26-28(3,4)17-22(30)18-29(23,26)5/h7-9,11,13,16,19,22-23,26,30-32H,6,10,12,14-15,17-18H2,1-5H3/t19-,22-,23-,26-,29+/m0/s1. The minimum absolute atomic E-state index is 0.125. The van der Waals surface area contributed by atoms with Crippen LogP contribution in [0, 0.1) is 28.6 Å². The second kappa shape index (κ2) is 10.6. The summed E-state index contributed by atoms with van der Waals surface area (Å²) >= 11 is 0. The van der Waals surface area contributed by atoms with Crippen LogP contribution in [0.3, 0.4) is 0 Å². The second-order valence-electron chi connectivity index (χ2n) is 11.6. The van der Waals surface area contributed by atoms with Crippen molar-refractivity contribution < 1.29 is 24.9 Å². The summed E-state index contributed by atoms with van der Waals surface area (Å²) in [6, 6.07) is 4.38. The summed E-state index contributed by atoms with van der Waals surface area (Å²) < 4.78 is 5.37. The Bertz CT molecular complexity index is 930. The fourth-order valence-corrected chi connectivity index (χ4v) is 6.67. The number of rotatable bonds is 8. The van der Waals surface area contributed by atoms with E-state index in [-0.39, 0.29) is 28.4 Å². The molecule has 0 spiro atoms. The van der Waals surface area contributed by atoms with Crippen LogP contribution in [-0.4, -0.2) is 34.0 Å². The lowest BCUT2D eigenvalue weighted by Gasteiger charge is -2.58. The van der Waals surface area contributed by atoms with Crippen LogP contribution < -0.4 is 0 Å². The van der Waals surface area contributed by atoms with Gasteiger partial charge in [-0.15, -0.1) is 0 Å². The highest BCUT2D eigenvalue weighted by Gasteiger charge is 2.53. The van der Waals surface area contributed by atoms with Gasteiger partial charge in [-0.3, -0.25) is 0 Å². The van der Waals surface area contributed by atoms with Gasteiger partial charge in [-0.05, 0) is 97.8 Å². The highest BCUT2D eigenvalue weighted by Crippen LogP contribution is 2.60.